The third kappa shape index (κ3) is 2.38. The molecule has 2 aromatic rings. The van der Waals surface area contributed by atoms with Crippen LogP contribution in [-0.4, -0.2) is 18.7 Å². The van der Waals surface area contributed by atoms with Gasteiger partial charge in [0.1, 0.15) is 0 Å². The van der Waals surface area contributed by atoms with Gasteiger partial charge in [0.25, 0.3) is 0 Å². The highest BCUT2D eigenvalue weighted by Crippen LogP contribution is 2.52. The van der Waals surface area contributed by atoms with E-state index < -0.39 is 12.5 Å². The van der Waals surface area contributed by atoms with Crippen molar-refractivity contribution in [3.63, 3.8) is 0 Å². The van der Waals surface area contributed by atoms with Crippen LogP contribution in [0.5, 0.6) is 0 Å². The van der Waals surface area contributed by atoms with Crippen LogP contribution in [0.4, 0.5) is 11.4 Å². The molecule has 2 aromatic carbocycles. The quantitative estimate of drug-likeness (QED) is 0.685. The molecule has 26 heavy (non-hydrogen) atoms. The molecule has 2 nitrogen and oxygen atoms in total. The molecule has 1 saturated carbocycles. The van der Waals surface area contributed by atoms with Crippen LogP contribution in [0.2, 0.25) is 0 Å². The summed E-state index contributed by atoms with van der Waals surface area (Å²) in [5, 5.41) is 0. The molecule has 0 N–H and O–H groups in total. The van der Waals surface area contributed by atoms with Gasteiger partial charge < -0.3 is 9.80 Å². The summed E-state index contributed by atoms with van der Waals surface area (Å²) in [6.45, 7) is 3.87. The van der Waals surface area contributed by atoms with Crippen molar-refractivity contribution in [1.29, 1.82) is 0 Å². The lowest BCUT2D eigenvalue weighted by atomic mass is 9.73. The summed E-state index contributed by atoms with van der Waals surface area (Å²) in [4.78, 5) is 4.48. The van der Waals surface area contributed by atoms with Gasteiger partial charge >= 0.3 is 0 Å². The molecule has 0 amide bonds. The Labute approximate surface area is 160 Å². The molecule has 0 radical (unpaired) electrons. The lowest BCUT2D eigenvalue weighted by molar-refractivity contribution is 0.280. The minimum atomic E-state index is -0.632. The molecule has 2 heterocycles. The zero-order chi connectivity index (χ0) is 19.5. The molecule has 3 unspecified atom stereocenters. The third-order valence-corrected chi connectivity index (χ3v) is 6.69. The summed E-state index contributed by atoms with van der Waals surface area (Å²) >= 11 is 0. The average Bonchev–Trinajstić information content (AvgIpc) is 3.15. The van der Waals surface area contributed by atoms with Crippen molar-refractivity contribution in [1.82, 2.24) is 0 Å². The summed E-state index contributed by atoms with van der Waals surface area (Å²) in [5.41, 5.74) is 4.60. The smallest absolute Gasteiger partial charge is 0.0910 e. The van der Waals surface area contributed by atoms with Crippen LogP contribution in [0.3, 0.4) is 0 Å². The van der Waals surface area contributed by atoms with E-state index in [0.29, 0.717) is 5.92 Å². The van der Waals surface area contributed by atoms with E-state index in [2.05, 4.69) is 72.2 Å². The highest BCUT2D eigenvalue weighted by molar-refractivity contribution is 5.68. The second kappa shape index (κ2) is 6.33. The lowest BCUT2D eigenvalue weighted by Crippen LogP contribution is -2.39. The van der Waals surface area contributed by atoms with Crippen molar-refractivity contribution >= 4 is 11.4 Å². The van der Waals surface area contributed by atoms with Gasteiger partial charge in [-0.3, -0.25) is 0 Å². The molecule has 3 aliphatic rings. The standard InChI is InChI=1S/C24H30N2/c1-17-10-6-8-14-21(17)25-16-26-22-15-9-7-13-20(22)23(24(26)18(25)2)19-11-4-3-5-12-19/h6-10,13-15,18-19,23-24H,3-5,11-12,16H2,1-2H3/t18-,23?,24?/m0/s1/i16D,23D/t16?,18-,23?,24?. The van der Waals surface area contributed by atoms with Crippen molar-refractivity contribution in [2.45, 2.75) is 63.9 Å². The molecular formula is C24H30N2. The fourth-order valence-electron chi connectivity index (χ4n) is 5.43. The molecule has 0 bridgehead atoms. The molecule has 2 heteroatoms. The number of hydrogen-bond acceptors (Lipinski definition) is 2. The van der Waals surface area contributed by atoms with Gasteiger partial charge in [0.05, 0.1) is 14.1 Å². The second-order valence-electron chi connectivity index (χ2n) is 8.21. The summed E-state index contributed by atoms with van der Waals surface area (Å²) in [6, 6.07) is 17.0. The maximum Gasteiger partial charge on any atom is 0.0910 e. The lowest BCUT2D eigenvalue weighted by Gasteiger charge is -2.35. The van der Waals surface area contributed by atoms with Gasteiger partial charge in [0.15, 0.2) is 0 Å². The molecule has 0 aromatic heterocycles. The molecule has 0 spiro atoms. The highest BCUT2D eigenvalue weighted by Gasteiger charge is 2.50. The normalized spacial score (nSPS) is 35.1. The van der Waals surface area contributed by atoms with Gasteiger partial charge in [0.2, 0.25) is 0 Å². The number of aryl methyl sites for hydroxylation is 1. The Morgan fingerprint density at radius 1 is 0.923 bits per heavy atom. The molecule has 1 saturated heterocycles. The Morgan fingerprint density at radius 3 is 2.38 bits per heavy atom. The fraction of sp³-hybridized carbons (Fsp3) is 0.500. The number of para-hydroxylation sites is 2. The van der Waals surface area contributed by atoms with Gasteiger partial charge in [-0.25, -0.2) is 0 Å². The van der Waals surface area contributed by atoms with E-state index >= 15 is 0 Å². The monoisotopic (exact) mass is 348 g/mol. The predicted molar refractivity (Wildman–Crippen MR) is 110 cm³/mol. The molecule has 4 atom stereocenters. The first-order valence-electron chi connectivity index (χ1n) is 11.3. The number of benzene rings is 2. The maximum atomic E-state index is 9.86. The van der Waals surface area contributed by atoms with E-state index in [0.717, 1.165) is 29.8 Å². The molecule has 5 rings (SSSR count). The number of anilines is 2. The molecular weight excluding hydrogens is 316 g/mol. The van der Waals surface area contributed by atoms with Crippen LogP contribution in [-0.2, 0) is 0 Å². The van der Waals surface area contributed by atoms with Gasteiger partial charge in [-0.1, -0.05) is 55.7 Å². The van der Waals surface area contributed by atoms with Gasteiger partial charge in [0, 0.05) is 24.7 Å². The predicted octanol–water partition coefficient (Wildman–Crippen LogP) is 5.71. The van der Waals surface area contributed by atoms with Crippen LogP contribution in [0.1, 0.15) is 58.8 Å². The van der Waals surface area contributed by atoms with E-state index in [-0.39, 0.29) is 12.1 Å². The summed E-state index contributed by atoms with van der Waals surface area (Å²) < 4.78 is 19.0. The summed E-state index contributed by atoms with van der Waals surface area (Å²) in [6.07, 6.45) is 6.05. The van der Waals surface area contributed by atoms with Crippen LogP contribution < -0.4 is 9.80 Å². The van der Waals surface area contributed by atoms with Crippen molar-refractivity contribution < 1.29 is 2.74 Å². The SMILES string of the molecule is [2H]C1N2c3ccccc3C([2H])(C3CCCCC3)C2[C@H](C)N1c1ccccc1C. The Hall–Kier alpha value is -1.96. The summed E-state index contributed by atoms with van der Waals surface area (Å²) in [7, 11) is 0. The van der Waals surface area contributed by atoms with E-state index in [9.17, 15) is 2.74 Å². The van der Waals surface area contributed by atoms with E-state index in [1.807, 2.05) is 0 Å². The first-order valence-corrected chi connectivity index (χ1v) is 10.2. The molecule has 136 valence electrons. The average molecular weight is 349 g/mol. The van der Waals surface area contributed by atoms with Gasteiger partial charge in [-0.15, -0.1) is 0 Å². The Balaban J connectivity index is 1.64. The minimum absolute atomic E-state index is 0.0232. The second-order valence-corrected chi connectivity index (χ2v) is 8.21. The number of nitrogens with zero attached hydrogens (tertiary/aromatic N) is 2. The van der Waals surface area contributed by atoms with Crippen molar-refractivity contribution in [2.24, 2.45) is 5.92 Å². The van der Waals surface area contributed by atoms with Crippen LogP contribution in [0, 0.1) is 12.8 Å². The largest absolute Gasteiger partial charge is 0.349 e. The van der Waals surface area contributed by atoms with E-state index in [4.69, 9.17) is 0 Å². The number of rotatable bonds is 2. The van der Waals surface area contributed by atoms with Crippen LogP contribution in [0.25, 0.3) is 0 Å². The highest BCUT2D eigenvalue weighted by atomic mass is 15.4. The number of fused-ring (bicyclic) bond motifs is 3. The van der Waals surface area contributed by atoms with Crippen molar-refractivity contribution in [2.75, 3.05) is 16.4 Å². The Kier molecular flexibility index (Phi) is 3.44. The van der Waals surface area contributed by atoms with Crippen LogP contribution in [0.15, 0.2) is 48.5 Å². The first kappa shape index (κ1) is 14.1. The maximum absolute atomic E-state index is 9.86. The van der Waals surface area contributed by atoms with E-state index in [1.165, 1.54) is 24.8 Å². The third-order valence-electron chi connectivity index (χ3n) is 6.69. The Morgan fingerprint density at radius 2 is 1.62 bits per heavy atom. The molecule has 1 aliphatic carbocycles. The zero-order valence-corrected chi connectivity index (χ0v) is 15.9. The van der Waals surface area contributed by atoms with Gasteiger partial charge in [-0.2, -0.15) is 0 Å². The molecule has 2 aliphatic heterocycles. The molecule has 2 fully saturated rings. The first-order chi connectivity index (χ1) is 13.5. The summed E-state index contributed by atoms with van der Waals surface area (Å²) in [5.74, 6) is -0.253. The van der Waals surface area contributed by atoms with Crippen LogP contribution >= 0.6 is 0 Å². The van der Waals surface area contributed by atoms with Gasteiger partial charge in [-0.05, 0) is 55.9 Å². The topological polar surface area (TPSA) is 6.48 Å². The van der Waals surface area contributed by atoms with E-state index in [1.54, 1.807) is 0 Å². The zero-order valence-electron chi connectivity index (χ0n) is 17.9. The minimum Gasteiger partial charge on any atom is -0.349 e. The number of hydrogen-bond donors (Lipinski definition) is 0. The fourth-order valence-corrected chi connectivity index (χ4v) is 5.43. The Bertz CT molecular complexity index is 878. The van der Waals surface area contributed by atoms with Crippen molar-refractivity contribution in [3.8, 4) is 0 Å². The van der Waals surface area contributed by atoms with Crippen molar-refractivity contribution in [3.05, 3.63) is 59.7 Å².